The lowest BCUT2D eigenvalue weighted by molar-refractivity contribution is -0.272. The highest BCUT2D eigenvalue weighted by atomic mass is 19.4. The molecule has 5 atom stereocenters. The number of amides is 2. The molecule has 2 aliphatic rings. The van der Waals surface area contributed by atoms with Crippen molar-refractivity contribution in [2.24, 2.45) is 5.92 Å². The Balaban J connectivity index is 1.67. The van der Waals surface area contributed by atoms with Crippen LogP contribution in [0.4, 0.5) is 27.6 Å². The number of benzene rings is 1. The molecular formula is C26H29F5N4O4. The molecule has 1 aromatic carbocycles. The number of carbonyl (C=O) groups is 2. The zero-order valence-corrected chi connectivity index (χ0v) is 21.7. The fourth-order valence-electron chi connectivity index (χ4n) is 5.17. The van der Waals surface area contributed by atoms with Gasteiger partial charge in [0.2, 0.25) is 5.82 Å². The number of halogens is 5. The monoisotopic (exact) mass is 556 g/mol. The Morgan fingerprint density at radius 3 is 2.59 bits per heavy atom. The second kappa shape index (κ2) is 10.7. The van der Waals surface area contributed by atoms with Gasteiger partial charge in [0.05, 0.1) is 7.11 Å². The quantitative estimate of drug-likeness (QED) is 0.544. The number of nitrogens with zero attached hydrogens (tertiary/aromatic N) is 2. The number of alkyl halides is 3. The minimum absolute atomic E-state index is 0.0428. The molecule has 0 spiro atoms. The molecule has 4 rings (SSSR count). The van der Waals surface area contributed by atoms with Crippen LogP contribution in [0.3, 0.4) is 0 Å². The van der Waals surface area contributed by atoms with Crippen molar-refractivity contribution in [1.29, 1.82) is 0 Å². The first-order chi connectivity index (χ1) is 18.3. The molecule has 2 amide bonds. The molecule has 2 aromatic rings. The molecule has 2 fully saturated rings. The summed E-state index contributed by atoms with van der Waals surface area (Å²) in [6, 6.07) is 4.46. The van der Waals surface area contributed by atoms with Gasteiger partial charge in [-0.1, -0.05) is 13.0 Å². The van der Waals surface area contributed by atoms with Gasteiger partial charge in [-0.25, -0.2) is 4.39 Å². The third-order valence-corrected chi connectivity index (χ3v) is 7.58. The Labute approximate surface area is 221 Å². The lowest BCUT2D eigenvalue weighted by Crippen LogP contribution is -2.52. The van der Waals surface area contributed by atoms with Gasteiger partial charge in [0, 0.05) is 55.0 Å². The maximum absolute atomic E-state index is 14.5. The molecule has 2 aliphatic heterocycles. The number of nitrogens with one attached hydrogen (secondary N) is 2. The van der Waals surface area contributed by atoms with Crippen molar-refractivity contribution >= 4 is 17.5 Å². The lowest BCUT2D eigenvalue weighted by Gasteiger charge is -2.33. The second-order valence-electron chi connectivity index (χ2n) is 9.91. The molecule has 2 N–H and O–H groups in total. The van der Waals surface area contributed by atoms with Crippen LogP contribution in [0.15, 0.2) is 30.5 Å². The van der Waals surface area contributed by atoms with E-state index in [1.54, 1.807) is 4.90 Å². The van der Waals surface area contributed by atoms with E-state index in [1.807, 2.05) is 6.92 Å². The Bertz CT molecular complexity index is 1260. The van der Waals surface area contributed by atoms with Crippen molar-refractivity contribution in [3.8, 4) is 5.75 Å². The van der Waals surface area contributed by atoms with E-state index < -0.39 is 53.0 Å². The average molecular weight is 557 g/mol. The number of piperazine rings is 1. The minimum Gasteiger partial charge on any atom is -0.493 e. The van der Waals surface area contributed by atoms with Crippen LogP contribution in [-0.2, 0) is 9.53 Å². The first-order valence-corrected chi connectivity index (χ1v) is 12.3. The summed E-state index contributed by atoms with van der Waals surface area (Å²) in [6.07, 6.45) is -5.35. The number of ether oxygens (including phenoxy) is 2. The predicted molar refractivity (Wildman–Crippen MR) is 130 cm³/mol. The Morgan fingerprint density at radius 2 is 1.95 bits per heavy atom. The summed E-state index contributed by atoms with van der Waals surface area (Å²) in [7, 11) is 1.05. The van der Waals surface area contributed by atoms with Gasteiger partial charge in [0.25, 0.3) is 11.8 Å². The highest BCUT2D eigenvalue weighted by molar-refractivity contribution is 5.98. The van der Waals surface area contributed by atoms with E-state index >= 15 is 0 Å². The maximum Gasteiger partial charge on any atom is 0.417 e. The summed E-state index contributed by atoms with van der Waals surface area (Å²) < 4.78 is 81.2. The largest absolute Gasteiger partial charge is 0.493 e. The molecule has 2 saturated heterocycles. The van der Waals surface area contributed by atoms with Crippen molar-refractivity contribution in [3.63, 3.8) is 0 Å². The van der Waals surface area contributed by atoms with Gasteiger partial charge in [0.15, 0.2) is 17.2 Å². The molecule has 1 aromatic heterocycles. The molecule has 0 aliphatic carbocycles. The van der Waals surface area contributed by atoms with Crippen molar-refractivity contribution < 1.29 is 41.0 Å². The molecular weight excluding hydrogens is 527 g/mol. The molecule has 8 nitrogen and oxygen atoms in total. The maximum atomic E-state index is 14.5. The number of methoxy groups -OCH3 is 1. The molecule has 3 heterocycles. The van der Waals surface area contributed by atoms with Crippen LogP contribution in [0, 0.1) is 17.6 Å². The summed E-state index contributed by atoms with van der Waals surface area (Å²) >= 11 is 0. The van der Waals surface area contributed by atoms with Crippen molar-refractivity contribution in [2.75, 3.05) is 32.1 Å². The van der Waals surface area contributed by atoms with Gasteiger partial charge < -0.3 is 25.0 Å². The van der Waals surface area contributed by atoms with Crippen LogP contribution < -0.4 is 15.4 Å². The highest BCUT2D eigenvalue weighted by Crippen LogP contribution is 2.55. The van der Waals surface area contributed by atoms with E-state index in [0.29, 0.717) is 19.6 Å². The second-order valence-corrected chi connectivity index (χ2v) is 9.91. The Hall–Kier alpha value is -3.32. The van der Waals surface area contributed by atoms with Crippen LogP contribution in [-0.4, -0.2) is 72.4 Å². The zero-order chi connectivity index (χ0) is 28.7. The lowest BCUT2D eigenvalue weighted by atomic mass is 9.77. The molecule has 0 radical (unpaired) electrons. The number of anilines is 1. The van der Waals surface area contributed by atoms with Crippen LogP contribution in [0.5, 0.6) is 5.75 Å². The van der Waals surface area contributed by atoms with Gasteiger partial charge in [-0.15, -0.1) is 0 Å². The summed E-state index contributed by atoms with van der Waals surface area (Å²) in [4.78, 5) is 32.1. The summed E-state index contributed by atoms with van der Waals surface area (Å²) in [5.74, 6) is -7.33. The topological polar surface area (TPSA) is 92.8 Å². The van der Waals surface area contributed by atoms with E-state index in [4.69, 9.17) is 9.47 Å². The number of hydrogen-bond donors (Lipinski definition) is 2. The summed E-state index contributed by atoms with van der Waals surface area (Å²) in [6.45, 7) is 5.58. The number of aromatic nitrogens is 1. The normalized spacial score (nSPS) is 27.4. The standard InChI is InChI=1S/C26H29F5N4O4/c1-13-12-32-9-10-35(13)24(37)18-11-15(7-8-33-18)34-23(36)22-19(14(2)25(3,39-22)26(29,30)31)16-5-6-17(27)20(28)21(16)38-4/h5-8,11,13-14,19,22,32H,9-10,12H2,1-4H3,(H,33,34,36)/t13-,14+,19+,22-,25-/m1/s1. The molecule has 212 valence electrons. The van der Waals surface area contributed by atoms with E-state index in [-0.39, 0.29) is 28.9 Å². The first-order valence-electron chi connectivity index (χ1n) is 12.3. The predicted octanol–water partition coefficient (Wildman–Crippen LogP) is 3.88. The third-order valence-electron chi connectivity index (χ3n) is 7.58. The summed E-state index contributed by atoms with van der Waals surface area (Å²) in [5, 5.41) is 5.68. The molecule has 0 bridgehead atoms. The Morgan fingerprint density at radius 1 is 1.23 bits per heavy atom. The van der Waals surface area contributed by atoms with E-state index in [2.05, 4.69) is 15.6 Å². The SMILES string of the molecule is COc1c([C@H]2[C@H](C(=O)Nc3ccnc(C(=O)N4CCNC[C@H]4C)c3)O[C@@](C)(C(F)(F)F)[C@H]2C)ccc(F)c1F. The number of hydrogen-bond acceptors (Lipinski definition) is 6. The Kier molecular flexibility index (Phi) is 7.86. The van der Waals surface area contributed by atoms with Gasteiger partial charge in [0.1, 0.15) is 11.8 Å². The zero-order valence-electron chi connectivity index (χ0n) is 21.7. The fraction of sp³-hybridized carbons (Fsp3) is 0.500. The van der Waals surface area contributed by atoms with Crippen LogP contribution in [0.2, 0.25) is 0 Å². The molecule has 0 saturated carbocycles. The first kappa shape index (κ1) is 28.7. The van der Waals surface area contributed by atoms with Gasteiger partial charge >= 0.3 is 6.18 Å². The van der Waals surface area contributed by atoms with Crippen LogP contribution in [0.1, 0.15) is 42.7 Å². The average Bonchev–Trinajstić information content (AvgIpc) is 3.17. The van der Waals surface area contributed by atoms with Crippen molar-refractivity contribution in [3.05, 3.63) is 53.4 Å². The van der Waals surface area contributed by atoms with Gasteiger partial charge in [-0.3, -0.25) is 14.6 Å². The number of rotatable bonds is 5. The van der Waals surface area contributed by atoms with Crippen molar-refractivity contribution in [2.45, 2.75) is 50.6 Å². The smallest absolute Gasteiger partial charge is 0.417 e. The molecule has 39 heavy (non-hydrogen) atoms. The third kappa shape index (κ3) is 5.17. The molecule has 0 unspecified atom stereocenters. The minimum atomic E-state index is -4.89. The summed E-state index contributed by atoms with van der Waals surface area (Å²) in [5.41, 5.74) is -2.78. The van der Waals surface area contributed by atoms with Gasteiger partial charge in [-0.05, 0) is 32.0 Å². The number of pyridine rings is 1. The van der Waals surface area contributed by atoms with E-state index in [0.717, 1.165) is 26.2 Å². The fourth-order valence-corrected chi connectivity index (χ4v) is 5.17. The van der Waals surface area contributed by atoms with Crippen LogP contribution in [0.25, 0.3) is 0 Å². The van der Waals surface area contributed by atoms with E-state index in [9.17, 15) is 31.5 Å². The highest BCUT2D eigenvalue weighted by Gasteiger charge is 2.66. The number of carbonyl (C=O) groups excluding carboxylic acids is 2. The van der Waals surface area contributed by atoms with Crippen LogP contribution >= 0.6 is 0 Å². The van der Waals surface area contributed by atoms with E-state index in [1.165, 1.54) is 25.3 Å². The molecule has 13 heteroatoms. The van der Waals surface area contributed by atoms with Gasteiger partial charge in [-0.2, -0.15) is 17.6 Å². The van der Waals surface area contributed by atoms with Crippen molar-refractivity contribution in [1.82, 2.24) is 15.2 Å².